The quantitative estimate of drug-likeness (QED) is 0.602. The number of benzene rings is 2. The summed E-state index contributed by atoms with van der Waals surface area (Å²) < 4.78 is 5.98. The molecule has 2 aliphatic carbocycles. The molecule has 4 nitrogen and oxygen atoms in total. The number of hydrogen-bond donors (Lipinski definition) is 0. The van der Waals surface area contributed by atoms with E-state index in [1.54, 1.807) is 12.1 Å². The Labute approximate surface area is 158 Å². The maximum atomic E-state index is 12.9. The number of rotatable bonds is 3. The van der Waals surface area contributed by atoms with Crippen LogP contribution in [-0.2, 0) is 9.59 Å². The largest absolute Gasteiger partial charge is 0.457 e. The van der Waals surface area contributed by atoms with E-state index in [0.29, 0.717) is 11.4 Å². The van der Waals surface area contributed by atoms with E-state index in [-0.39, 0.29) is 35.5 Å². The number of nitrogens with zero attached hydrogens (tertiary/aromatic N) is 1. The first-order chi connectivity index (χ1) is 13.0. The molecule has 1 saturated heterocycles. The summed E-state index contributed by atoms with van der Waals surface area (Å²) in [4.78, 5) is 27.1. The molecule has 5 rings (SSSR count). The number of amides is 2. The van der Waals surface area contributed by atoms with Crippen LogP contribution in [0.5, 0.6) is 11.5 Å². The van der Waals surface area contributed by atoms with Crippen molar-refractivity contribution in [2.24, 2.45) is 23.7 Å². The summed E-state index contributed by atoms with van der Waals surface area (Å²) in [5.74, 6) is 1.52. The fourth-order valence-corrected chi connectivity index (χ4v) is 4.78. The summed E-state index contributed by atoms with van der Waals surface area (Å²) in [6.07, 6.45) is 5.17. The second-order valence-electron chi connectivity index (χ2n) is 7.81. The van der Waals surface area contributed by atoms with Gasteiger partial charge >= 0.3 is 0 Å². The lowest BCUT2D eigenvalue weighted by molar-refractivity contribution is -0.123. The summed E-state index contributed by atoms with van der Waals surface area (Å²) in [6.45, 7) is 4.08. The standard InChI is InChI=1S/C23H21NO3/c1-13-4-3-5-19(14(13)2)27-18-10-8-17(9-11-18)24-22(25)20-15-6-7-16(12-15)21(20)23(24)26/h3-11,15-16,20-21H,12H2,1-2H3/t15-,16+,20-,21+. The summed E-state index contributed by atoms with van der Waals surface area (Å²) in [5, 5.41) is 0. The lowest BCUT2D eigenvalue weighted by atomic mass is 9.85. The Hall–Kier alpha value is -2.88. The van der Waals surface area contributed by atoms with Crippen molar-refractivity contribution in [3.8, 4) is 11.5 Å². The van der Waals surface area contributed by atoms with Gasteiger partial charge in [-0.15, -0.1) is 0 Å². The van der Waals surface area contributed by atoms with Crippen LogP contribution in [-0.4, -0.2) is 11.8 Å². The molecule has 1 saturated carbocycles. The van der Waals surface area contributed by atoms with Crippen molar-refractivity contribution >= 4 is 17.5 Å². The highest BCUT2D eigenvalue weighted by atomic mass is 16.5. The molecule has 1 aliphatic heterocycles. The summed E-state index contributed by atoms with van der Waals surface area (Å²) in [7, 11) is 0. The molecular formula is C23H21NO3. The third-order valence-electron chi connectivity index (χ3n) is 6.35. The smallest absolute Gasteiger partial charge is 0.238 e. The van der Waals surface area contributed by atoms with Crippen LogP contribution in [0.3, 0.4) is 0 Å². The average Bonchev–Trinajstić information content (AvgIpc) is 3.34. The number of ether oxygens (including phenoxy) is 1. The zero-order valence-corrected chi connectivity index (χ0v) is 15.4. The molecule has 3 aliphatic rings. The van der Waals surface area contributed by atoms with Gasteiger partial charge in [0, 0.05) is 0 Å². The normalized spacial score (nSPS) is 28.1. The van der Waals surface area contributed by atoms with E-state index < -0.39 is 0 Å². The molecule has 4 atom stereocenters. The molecule has 2 amide bonds. The van der Waals surface area contributed by atoms with Gasteiger partial charge in [-0.25, -0.2) is 0 Å². The molecule has 0 spiro atoms. The molecule has 2 aromatic rings. The van der Waals surface area contributed by atoms with Gasteiger partial charge in [-0.05, 0) is 73.6 Å². The first-order valence-corrected chi connectivity index (χ1v) is 9.45. The first-order valence-electron chi connectivity index (χ1n) is 9.45. The third kappa shape index (κ3) is 2.36. The van der Waals surface area contributed by atoms with Crippen LogP contribution in [0.1, 0.15) is 17.5 Å². The number of carbonyl (C=O) groups excluding carboxylic acids is 2. The van der Waals surface area contributed by atoms with Gasteiger partial charge in [-0.1, -0.05) is 24.3 Å². The van der Waals surface area contributed by atoms with Crippen LogP contribution in [0.15, 0.2) is 54.6 Å². The minimum Gasteiger partial charge on any atom is -0.457 e. The van der Waals surface area contributed by atoms with Crippen LogP contribution in [0, 0.1) is 37.5 Å². The number of anilines is 1. The topological polar surface area (TPSA) is 46.6 Å². The van der Waals surface area contributed by atoms with Crippen LogP contribution >= 0.6 is 0 Å². The van der Waals surface area contributed by atoms with Gasteiger partial charge < -0.3 is 4.74 Å². The van der Waals surface area contributed by atoms with Gasteiger partial charge in [-0.2, -0.15) is 0 Å². The van der Waals surface area contributed by atoms with Gasteiger partial charge in [0.15, 0.2) is 0 Å². The molecule has 27 heavy (non-hydrogen) atoms. The highest BCUT2D eigenvalue weighted by molar-refractivity contribution is 6.22. The Balaban J connectivity index is 1.39. The van der Waals surface area contributed by atoms with Gasteiger partial charge in [0.2, 0.25) is 11.8 Å². The summed E-state index contributed by atoms with van der Waals surface area (Å²) in [5.41, 5.74) is 2.90. The molecular weight excluding hydrogens is 338 g/mol. The summed E-state index contributed by atoms with van der Waals surface area (Å²) >= 11 is 0. The fraction of sp³-hybridized carbons (Fsp3) is 0.304. The van der Waals surface area contributed by atoms with E-state index in [1.807, 2.05) is 31.2 Å². The van der Waals surface area contributed by atoms with Gasteiger partial charge in [0.1, 0.15) is 11.5 Å². The lowest BCUT2D eigenvalue weighted by Crippen LogP contribution is -2.32. The zero-order valence-electron chi connectivity index (χ0n) is 15.4. The van der Waals surface area contributed by atoms with E-state index >= 15 is 0 Å². The monoisotopic (exact) mass is 359 g/mol. The molecule has 136 valence electrons. The number of imide groups is 1. The Morgan fingerprint density at radius 1 is 0.889 bits per heavy atom. The minimum absolute atomic E-state index is 0.0509. The molecule has 0 N–H and O–H groups in total. The van der Waals surface area contributed by atoms with Crippen molar-refractivity contribution in [2.45, 2.75) is 20.3 Å². The predicted octanol–water partition coefficient (Wildman–Crippen LogP) is 4.41. The van der Waals surface area contributed by atoms with Gasteiger partial charge in [0.25, 0.3) is 0 Å². The highest BCUT2D eigenvalue weighted by Crippen LogP contribution is 2.53. The molecule has 2 bridgehead atoms. The van der Waals surface area contributed by atoms with E-state index in [1.165, 1.54) is 10.5 Å². The number of carbonyl (C=O) groups is 2. The summed E-state index contributed by atoms with van der Waals surface area (Å²) in [6, 6.07) is 13.2. The molecule has 0 radical (unpaired) electrons. The molecule has 2 fully saturated rings. The van der Waals surface area contributed by atoms with Crippen LogP contribution in [0.2, 0.25) is 0 Å². The maximum absolute atomic E-state index is 12.9. The van der Waals surface area contributed by atoms with Crippen LogP contribution in [0.25, 0.3) is 0 Å². The van der Waals surface area contributed by atoms with Crippen LogP contribution < -0.4 is 9.64 Å². The molecule has 2 aromatic carbocycles. The third-order valence-corrected chi connectivity index (χ3v) is 6.35. The van der Waals surface area contributed by atoms with Crippen molar-refractivity contribution in [1.29, 1.82) is 0 Å². The van der Waals surface area contributed by atoms with E-state index in [0.717, 1.165) is 17.7 Å². The molecule has 4 heteroatoms. The number of fused-ring (bicyclic) bond motifs is 5. The fourth-order valence-electron chi connectivity index (χ4n) is 4.78. The Bertz CT molecular complexity index is 946. The lowest BCUT2D eigenvalue weighted by Gasteiger charge is -2.18. The zero-order chi connectivity index (χ0) is 18.7. The van der Waals surface area contributed by atoms with Gasteiger partial charge in [0.05, 0.1) is 17.5 Å². The molecule has 0 aromatic heterocycles. The molecule has 0 unspecified atom stereocenters. The second-order valence-corrected chi connectivity index (χ2v) is 7.81. The van der Waals surface area contributed by atoms with Crippen molar-refractivity contribution in [2.75, 3.05) is 4.90 Å². The van der Waals surface area contributed by atoms with Gasteiger partial charge in [-0.3, -0.25) is 14.5 Å². The second kappa shape index (κ2) is 5.81. The van der Waals surface area contributed by atoms with Crippen molar-refractivity contribution in [3.05, 3.63) is 65.7 Å². The first kappa shape index (κ1) is 16.3. The highest BCUT2D eigenvalue weighted by Gasteiger charge is 2.59. The number of hydrogen-bond acceptors (Lipinski definition) is 3. The maximum Gasteiger partial charge on any atom is 0.238 e. The number of allylic oxidation sites excluding steroid dienone is 2. The predicted molar refractivity (Wildman–Crippen MR) is 103 cm³/mol. The van der Waals surface area contributed by atoms with E-state index in [9.17, 15) is 9.59 Å². The molecule has 1 heterocycles. The van der Waals surface area contributed by atoms with E-state index in [4.69, 9.17) is 4.74 Å². The SMILES string of the molecule is Cc1cccc(Oc2ccc(N3C(=O)[C@@H]4[C@H](C3=O)[C@@H]3C=C[C@H]4C3)cc2)c1C. The van der Waals surface area contributed by atoms with E-state index in [2.05, 4.69) is 25.1 Å². The Kier molecular flexibility index (Phi) is 3.51. The van der Waals surface area contributed by atoms with Crippen molar-refractivity contribution in [1.82, 2.24) is 0 Å². The van der Waals surface area contributed by atoms with Crippen LogP contribution in [0.4, 0.5) is 5.69 Å². The Morgan fingerprint density at radius 2 is 1.52 bits per heavy atom. The van der Waals surface area contributed by atoms with Crippen molar-refractivity contribution in [3.63, 3.8) is 0 Å². The Morgan fingerprint density at radius 3 is 2.15 bits per heavy atom. The van der Waals surface area contributed by atoms with Crippen molar-refractivity contribution < 1.29 is 14.3 Å². The minimum atomic E-state index is -0.168. The number of aryl methyl sites for hydroxylation is 1. The average molecular weight is 359 g/mol.